The second kappa shape index (κ2) is 10.9. The molecule has 5 nitrogen and oxygen atoms in total. The highest BCUT2D eigenvalue weighted by atomic mass is 127. The van der Waals surface area contributed by atoms with Crippen LogP contribution in [0, 0.1) is 0 Å². The van der Waals surface area contributed by atoms with E-state index in [1.54, 1.807) is 7.05 Å². The number of para-hydroxylation sites is 2. The van der Waals surface area contributed by atoms with Gasteiger partial charge in [0.25, 0.3) is 0 Å². The van der Waals surface area contributed by atoms with E-state index in [0.717, 1.165) is 49.9 Å². The van der Waals surface area contributed by atoms with Gasteiger partial charge in [0.2, 0.25) is 0 Å². The molecule has 1 aliphatic rings. The molecule has 3 rings (SSSR count). The van der Waals surface area contributed by atoms with E-state index in [0.29, 0.717) is 0 Å². The third-order valence-corrected chi connectivity index (χ3v) is 4.18. The molecule has 2 aromatic carbocycles. The number of nitrogens with one attached hydrogen (secondary N) is 3. The van der Waals surface area contributed by atoms with Crippen LogP contribution in [-0.4, -0.2) is 38.7 Å². The number of hydrogen-bond donors (Lipinski definition) is 3. The zero-order valence-corrected chi connectivity index (χ0v) is 17.4. The molecule has 0 aromatic heterocycles. The molecule has 1 heterocycles. The third kappa shape index (κ3) is 6.09. The lowest BCUT2D eigenvalue weighted by atomic mass is 10.1. The van der Waals surface area contributed by atoms with E-state index in [1.807, 2.05) is 30.3 Å². The maximum absolute atomic E-state index is 5.94. The fraction of sp³-hybridized carbons (Fsp3) is 0.350. The van der Waals surface area contributed by atoms with Gasteiger partial charge in [-0.15, -0.1) is 24.0 Å². The predicted octanol–water partition coefficient (Wildman–Crippen LogP) is 3.28. The first-order valence-corrected chi connectivity index (χ1v) is 8.83. The van der Waals surface area contributed by atoms with Crippen LogP contribution in [0.5, 0.6) is 5.75 Å². The maximum Gasteiger partial charge on any atom is 0.191 e. The summed E-state index contributed by atoms with van der Waals surface area (Å²) in [4.78, 5) is 4.27. The van der Waals surface area contributed by atoms with Gasteiger partial charge in [0.1, 0.15) is 11.9 Å². The van der Waals surface area contributed by atoms with Crippen LogP contribution in [0.1, 0.15) is 12.0 Å². The van der Waals surface area contributed by atoms with Crippen molar-refractivity contribution in [3.63, 3.8) is 0 Å². The summed E-state index contributed by atoms with van der Waals surface area (Å²) in [7, 11) is 1.79. The van der Waals surface area contributed by atoms with Gasteiger partial charge in [-0.2, -0.15) is 0 Å². The van der Waals surface area contributed by atoms with Gasteiger partial charge >= 0.3 is 0 Å². The maximum atomic E-state index is 5.94. The predicted molar refractivity (Wildman–Crippen MR) is 119 cm³/mol. The highest BCUT2D eigenvalue weighted by Gasteiger charge is 2.22. The van der Waals surface area contributed by atoms with Crippen LogP contribution >= 0.6 is 24.0 Å². The molecule has 0 radical (unpaired) electrons. The van der Waals surface area contributed by atoms with Crippen molar-refractivity contribution in [2.45, 2.75) is 18.9 Å². The van der Waals surface area contributed by atoms with Gasteiger partial charge in [0.05, 0.1) is 6.54 Å². The normalized spacial score (nSPS) is 15.4. The van der Waals surface area contributed by atoms with Gasteiger partial charge in [-0.05, 0) is 30.2 Å². The van der Waals surface area contributed by atoms with E-state index >= 15 is 0 Å². The molecule has 0 bridgehead atoms. The Bertz CT molecular complexity index is 668. The van der Waals surface area contributed by atoms with Gasteiger partial charge in [-0.25, -0.2) is 0 Å². The van der Waals surface area contributed by atoms with E-state index in [-0.39, 0.29) is 30.1 Å². The first-order valence-electron chi connectivity index (χ1n) is 8.83. The van der Waals surface area contributed by atoms with Crippen molar-refractivity contribution in [1.82, 2.24) is 10.6 Å². The number of guanidine groups is 1. The Morgan fingerprint density at radius 3 is 2.58 bits per heavy atom. The Hall–Kier alpha value is -1.96. The summed E-state index contributed by atoms with van der Waals surface area (Å²) in [5, 5.41) is 10.1. The van der Waals surface area contributed by atoms with Crippen molar-refractivity contribution in [3.05, 3.63) is 60.2 Å². The molecule has 0 saturated heterocycles. The van der Waals surface area contributed by atoms with Crippen molar-refractivity contribution >= 4 is 35.6 Å². The molecule has 26 heavy (non-hydrogen) atoms. The Kier molecular flexibility index (Phi) is 8.53. The van der Waals surface area contributed by atoms with Crippen LogP contribution in [0.2, 0.25) is 0 Å². The minimum absolute atomic E-state index is 0. The molecule has 1 atom stereocenters. The fourth-order valence-corrected chi connectivity index (χ4v) is 2.88. The molecular weight excluding hydrogens is 439 g/mol. The lowest BCUT2D eigenvalue weighted by Crippen LogP contribution is -2.42. The second-order valence-electron chi connectivity index (χ2n) is 6.08. The average molecular weight is 466 g/mol. The number of ether oxygens (including phenoxy) is 1. The van der Waals surface area contributed by atoms with Crippen molar-refractivity contribution in [2.24, 2.45) is 4.99 Å². The molecule has 0 fully saturated rings. The highest BCUT2D eigenvalue weighted by Crippen LogP contribution is 2.27. The zero-order chi connectivity index (χ0) is 17.3. The van der Waals surface area contributed by atoms with Crippen molar-refractivity contribution in [3.8, 4) is 5.75 Å². The monoisotopic (exact) mass is 466 g/mol. The summed E-state index contributed by atoms with van der Waals surface area (Å²) in [6.45, 7) is 2.54. The second-order valence-corrected chi connectivity index (χ2v) is 6.08. The molecule has 3 N–H and O–H groups in total. The highest BCUT2D eigenvalue weighted by molar-refractivity contribution is 14.0. The Labute approximate surface area is 172 Å². The minimum Gasteiger partial charge on any atom is -0.488 e. The van der Waals surface area contributed by atoms with E-state index in [4.69, 9.17) is 4.74 Å². The summed E-state index contributed by atoms with van der Waals surface area (Å²) >= 11 is 0. The number of halogens is 1. The van der Waals surface area contributed by atoms with Crippen LogP contribution in [0.15, 0.2) is 59.6 Å². The standard InChI is InChI=1S/C20H26N4O.HI/c1-21-20(23-13-7-12-22-17-9-3-2-4-10-17)24-15-18-14-16-8-5-6-11-19(16)25-18;/h2-6,8-11,18,22H,7,12-15H2,1H3,(H2,21,23,24);1H. The van der Waals surface area contributed by atoms with Crippen molar-refractivity contribution in [1.29, 1.82) is 0 Å². The smallest absolute Gasteiger partial charge is 0.191 e. The number of rotatable bonds is 7. The molecule has 0 saturated carbocycles. The van der Waals surface area contributed by atoms with E-state index in [2.05, 4.69) is 45.2 Å². The van der Waals surface area contributed by atoms with Gasteiger partial charge in [0.15, 0.2) is 5.96 Å². The summed E-state index contributed by atoms with van der Waals surface area (Å²) < 4.78 is 5.94. The molecule has 0 aliphatic carbocycles. The van der Waals surface area contributed by atoms with Gasteiger partial charge in [-0.3, -0.25) is 4.99 Å². The topological polar surface area (TPSA) is 57.7 Å². The first-order chi connectivity index (χ1) is 12.3. The summed E-state index contributed by atoms with van der Waals surface area (Å²) in [6.07, 6.45) is 2.12. The Morgan fingerprint density at radius 2 is 1.81 bits per heavy atom. The quantitative estimate of drug-likeness (QED) is 0.254. The largest absolute Gasteiger partial charge is 0.488 e. The van der Waals surface area contributed by atoms with E-state index < -0.39 is 0 Å². The molecule has 2 aromatic rings. The lowest BCUT2D eigenvalue weighted by molar-refractivity contribution is 0.235. The number of hydrogen-bond acceptors (Lipinski definition) is 3. The summed E-state index contributed by atoms with van der Waals surface area (Å²) in [6, 6.07) is 18.5. The third-order valence-electron chi connectivity index (χ3n) is 4.18. The minimum atomic E-state index is 0. The molecular formula is C20H27IN4O. The number of aliphatic imine (C=N–C) groups is 1. The number of anilines is 1. The Morgan fingerprint density at radius 1 is 1.04 bits per heavy atom. The number of nitrogens with zero attached hydrogens (tertiary/aromatic N) is 1. The molecule has 0 spiro atoms. The van der Waals surface area contributed by atoms with E-state index in [9.17, 15) is 0 Å². The van der Waals surface area contributed by atoms with Crippen LogP contribution in [-0.2, 0) is 6.42 Å². The fourth-order valence-electron chi connectivity index (χ4n) is 2.88. The van der Waals surface area contributed by atoms with Gasteiger partial charge < -0.3 is 20.7 Å². The SMILES string of the molecule is CN=C(NCCCNc1ccccc1)NCC1Cc2ccccc2O1.I. The lowest BCUT2D eigenvalue weighted by Gasteiger charge is -2.15. The number of benzene rings is 2. The summed E-state index contributed by atoms with van der Waals surface area (Å²) in [5.74, 6) is 1.82. The Balaban J connectivity index is 0.00000243. The van der Waals surface area contributed by atoms with Gasteiger partial charge in [-0.1, -0.05) is 36.4 Å². The number of fused-ring (bicyclic) bond motifs is 1. The molecule has 6 heteroatoms. The van der Waals surface area contributed by atoms with Crippen molar-refractivity contribution < 1.29 is 4.74 Å². The summed E-state index contributed by atoms with van der Waals surface area (Å²) in [5.41, 5.74) is 2.44. The molecule has 1 unspecified atom stereocenters. The van der Waals surface area contributed by atoms with Crippen molar-refractivity contribution in [2.75, 3.05) is 32.0 Å². The van der Waals surface area contributed by atoms with E-state index in [1.165, 1.54) is 5.56 Å². The molecule has 0 amide bonds. The molecule has 1 aliphatic heterocycles. The van der Waals surface area contributed by atoms with Gasteiger partial charge in [0, 0.05) is 32.2 Å². The van der Waals surface area contributed by atoms with Crippen LogP contribution in [0.25, 0.3) is 0 Å². The zero-order valence-electron chi connectivity index (χ0n) is 15.1. The van der Waals surface area contributed by atoms with Crippen LogP contribution < -0.4 is 20.7 Å². The first kappa shape index (κ1) is 20.4. The van der Waals surface area contributed by atoms with Crippen LogP contribution in [0.3, 0.4) is 0 Å². The average Bonchev–Trinajstić information content (AvgIpc) is 3.08. The van der Waals surface area contributed by atoms with Crippen LogP contribution in [0.4, 0.5) is 5.69 Å². The molecule has 140 valence electrons.